The first kappa shape index (κ1) is 21.9. The van der Waals surface area contributed by atoms with Gasteiger partial charge in [-0.05, 0) is 66.9 Å². The van der Waals surface area contributed by atoms with Crippen LogP contribution in [0.2, 0.25) is 5.02 Å². The van der Waals surface area contributed by atoms with Crippen LogP contribution in [-0.4, -0.2) is 27.9 Å². The zero-order chi connectivity index (χ0) is 21.6. The van der Waals surface area contributed by atoms with Crippen LogP contribution in [0.25, 0.3) is 0 Å². The van der Waals surface area contributed by atoms with Gasteiger partial charge in [-0.2, -0.15) is 0 Å². The maximum absolute atomic E-state index is 12.8. The third kappa shape index (κ3) is 5.40. The lowest BCUT2D eigenvalue weighted by atomic mass is 10.1. The highest BCUT2D eigenvalue weighted by Gasteiger charge is 2.21. The molecule has 0 spiro atoms. The number of hydrogen-bond donors (Lipinski definition) is 1. The molecule has 0 aromatic heterocycles. The molecular formula is C23H23ClN2O3S. The van der Waals surface area contributed by atoms with Crippen molar-refractivity contribution < 1.29 is 13.2 Å². The maximum atomic E-state index is 12.8. The molecule has 3 rings (SSSR count). The third-order valence-electron chi connectivity index (χ3n) is 4.74. The highest BCUT2D eigenvalue weighted by molar-refractivity contribution is 7.92. The van der Waals surface area contributed by atoms with Crippen molar-refractivity contribution in [2.45, 2.75) is 17.7 Å². The number of hydrogen-bond acceptors (Lipinski definition) is 3. The Morgan fingerprint density at radius 2 is 1.57 bits per heavy atom. The lowest BCUT2D eigenvalue weighted by Crippen LogP contribution is -2.27. The molecule has 1 N–H and O–H groups in total. The normalized spacial score (nSPS) is 11.1. The summed E-state index contributed by atoms with van der Waals surface area (Å²) in [5.74, 6) is -0.183. The number of carbonyl (C=O) groups is 1. The van der Waals surface area contributed by atoms with Gasteiger partial charge in [0, 0.05) is 24.2 Å². The molecule has 0 fully saturated rings. The number of nitrogens with zero attached hydrogens (tertiary/aromatic N) is 1. The van der Waals surface area contributed by atoms with Crippen LogP contribution in [0, 0.1) is 0 Å². The molecule has 0 radical (unpaired) electrons. The van der Waals surface area contributed by atoms with Crippen LogP contribution in [0.1, 0.15) is 22.3 Å². The largest absolute Gasteiger partial charge is 0.352 e. The van der Waals surface area contributed by atoms with E-state index in [0.29, 0.717) is 22.8 Å². The summed E-state index contributed by atoms with van der Waals surface area (Å²) >= 11 is 5.84. The van der Waals surface area contributed by atoms with E-state index in [-0.39, 0.29) is 10.8 Å². The van der Waals surface area contributed by atoms with Gasteiger partial charge in [0.2, 0.25) is 0 Å². The Kier molecular flexibility index (Phi) is 7.13. The van der Waals surface area contributed by atoms with Crippen LogP contribution < -0.4 is 9.62 Å². The second-order valence-corrected chi connectivity index (χ2v) is 9.22. The Hall–Kier alpha value is -2.83. The summed E-state index contributed by atoms with van der Waals surface area (Å²) in [5, 5.41) is 3.36. The highest BCUT2D eigenvalue weighted by atomic mass is 35.5. The zero-order valence-electron chi connectivity index (χ0n) is 16.6. The minimum absolute atomic E-state index is 0.148. The Labute approximate surface area is 182 Å². The molecule has 0 saturated heterocycles. The lowest BCUT2D eigenvalue weighted by Gasteiger charge is -2.19. The van der Waals surface area contributed by atoms with Crippen molar-refractivity contribution in [3.8, 4) is 0 Å². The van der Waals surface area contributed by atoms with Crippen molar-refractivity contribution in [1.82, 2.24) is 5.32 Å². The molecule has 0 aliphatic heterocycles. The molecule has 0 aliphatic rings. The van der Waals surface area contributed by atoms with E-state index in [2.05, 4.69) is 17.4 Å². The summed E-state index contributed by atoms with van der Waals surface area (Å²) in [6, 6.07) is 22.6. The van der Waals surface area contributed by atoms with Crippen LogP contribution in [0.4, 0.5) is 5.69 Å². The van der Waals surface area contributed by atoms with E-state index in [1.54, 1.807) is 24.3 Å². The highest BCUT2D eigenvalue weighted by Crippen LogP contribution is 2.23. The van der Waals surface area contributed by atoms with Crippen LogP contribution in [0.15, 0.2) is 83.8 Å². The van der Waals surface area contributed by atoms with Gasteiger partial charge in [0.15, 0.2) is 0 Å². The molecule has 0 bridgehead atoms. The Morgan fingerprint density at radius 3 is 2.20 bits per heavy atom. The number of nitrogens with one attached hydrogen (secondary N) is 1. The van der Waals surface area contributed by atoms with Gasteiger partial charge in [0.1, 0.15) is 0 Å². The van der Waals surface area contributed by atoms with E-state index >= 15 is 0 Å². The van der Waals surface area contributed by atoms with Gasteiger partial charge in [0.25, 0.3) is 15.9 Å². The number of anilines is 1. The fourth-order valence-electron chi connectivity index (χ4n) is 2.97. The molecule has 3 aromatic rings. The van der Waals surface area contributed by atoms with Gasteiger partial charge in [0.05, 0.1) is 10.6 Å². The van der Waals surface area contributed by atoms with Gasteiger partial charge in [-0.15, -0.1) is 0 Å². The predicted octanol–water partition coefficient (Wildman–Crippen LogP) is 4.53. The van der Waals surface area contributed by atoms with E-state index in [1.807, 2.05) is 18.2 Å². The van der Waals surface area contributed by atoms with Crippen molar-refractivity contribution in [3.63, 3.8) is 0 Å². The summed E-state index contributed by atoms with van der Waals surface area (Å²) in [4.78, 5) is 12.5. The smallest absolute Gasteiger partial charge is 0.264 e. The number of sulfonamides is 1. The molecule has 0 atom stereocenters. The van der Waals surface area contributed by atoms with Crippen LogP contribution >= 0.6 is 11.6 Å². The summed E-state index contributed by atoms with van der Waals surface area (Å²) in [7, 11) is -2.24. The summed E-state index contributed by atoms with van der Waals surface area (Å²) in [6.45, 7) is 0.570. The molecule has 3 aromatic carbocycles. The molecule has 5 nitrogen and oxygen atoms in total. The molecule has 0 unspecified atom stereocenters. The predicted molar refractivity (Wildman–Crippen MR) is 121 cm³/mol. The Balaban J connectivity index is 1.58. The number of amides is 1. The number of halogens is 1. The average molecular weight is 443 g/mol. The Morgan fingerprint density at radius 1 is 0.933 bits per heavy atom. The van der Waals surface area contributed by atoms with Crippen molar-refractivity contribution in [2.24, 2.45) is 0 Å². The number of aryl methyl sites for hydroxylation is 1. The second-order valence-electron chi connectivity index (χ2n) is 6.82. The molecule has 156 valence electrons. The number of rotatable bonds is 8. The zero-order valence-corrected chi connectivity index (χ0v) is 18.2. The monoisotopic (exact) mass is 442 g/mol. The maximum Gasteiger partial charge on any atom is 0.264 e. The summed E-state index contributed by atoms with van der Waals surface area (Å²) in [5.41, 5.74) is 2.18. The van der Waals surface area contributed by atoms with Gasteiger partial charge in [-0.3, -0.25) is 9.10 Å². The standard InChI is InChI=1S/C23H23ClN2O3S/c1-26(30(28,29)22-15-11-20(24)12-16-22)21-13-9-19(10-14-21)23(27)25-17-5-8-18-6-3-2-4-7-18/h2-4,6-7,9-16H,5,8,17H2,1H3,(H,25,27). The third-order valence-corrected chi connectivity index (χ3v) is 6.79. The quantitative estimate of drug-likeness (QED) is 0.521. The van der Waals surface area contributed by atoms with Crippen molar-refractivity contribution in [2.75, 3.05) is 17.9 Å². The first-order valence-electron chi connectivity index (χ1n) is 9.54. The first-order valence-corrected chi connectivity index (χ1v) is 11.4. The van der Waals surface area contributed by atoms with E-state index in [0.717, 1.165) is 12.8 Å². The van der Waals surface area contributed by atoms with E-state index in [4.69, 9.17) is 11.6 Å². The fraction of sp³-hybridized carbons (Fsp3) is 0.174. The first-order chi connectivity index (χ1) is 14.4. The number of carbonyl (C=O) groups excluding carboxylic acids is 1. The van der Waals surface area contributed by atoms with Gasteiger partial charge >= 0.3 is 0 Å². The molecular weight excluding hydrogens is 420 g/mol. The lowest BCUT2D eigenvalue weighted by molar-refractivity contribution is 0.0953. The van der Waals surface area contributed by atoms with E-state index in [9.17, 15) is 13.2 Å². The fourth-order valence-corrected chi connectivity index (χ4v) is 4.29. The summed E-state index contributed by atoms with van der Waals surface area (Å²) < 4.78 is 26.7. The average Bonchev–Trinajstić information content (AvgIpc) is 2.77. The number of benzene rings is 3. The van der Waals surface area contributed by atoms with E-state index in [1.165, 1.54) is 41.2 Å². The minimum atomic E-state index is -3.71. The second kappa shape index (κ2) is 9.78. The van der Waals surface area contributed by atoms with Gasteiger partial charge < -0.3 is 5.32 Å². The molecule has 30 heavy (non-hydrogen) atoms. The van der Waals surface area contributed by atoms with Gasteiger partial charge in [-0.25, -0.2) is 8.42 Å². The SMILES string of the molecule is CN(c1ccc(C(=O)NCCCc2ccccc2)cc1)S(=O)(=O)c1ccc(Cl)cc1. The molecule has 0 saturated carbocycles. The minimum Gasteiger partial charge on any atom is -0.352 e. The van der Waals surface area contributed by atoms with Crippen LogP contribution in [0.5, 0.6) is 0 Å². The topological polar surface area (TPSA) is 66.5 Å². The Bertz CT molecular complexity index is 1080. The summed E-state index contributed by atoms with van der Waals surface area (Å²) in [6.07, 6.45) is 1.74. The van der Waals surface area contributed by atoms with Gasteiger partial charge in [-0.1, -0.05) is 41.9 Å². The van der Waals surface area contributed by atoms with Crippen LogP contribution in [0.3, 0.4) is 0 Å². The van der Waals surface area contributed by atoms with Crippen LogP contribution in [-0.2, 0) is 16.4 Å². The van der Waals surface area contributed by atoms with Crippen molar-refractivity contribution in [3.05, 3.63) is 95.0 Å². The molecule has 1 amide bonds. The van der Waals surface area contributed by atoms with E-state index < -0.39 is 10.0 Å². The van der Waals surface area contributed by atoms with Crippen molar-refractivity contribution in [1.29, 1.82) is 0 Å². The molecule has 7 heteroatoms. The molecule has 0 heterocycles. The van der Waals surface area contributed by atoms with Crippen molar-refractivity contribution >= 4 is 33.2 Å². The molecule has 0 aliphatic carbocycles.